The van der Waals surface area contributed by atoms with Gasteiger partial charge < -0.3 is 9.84 Å². The molecule has 2 aromatic carbocycles. The van der Waals surface area contributed by atoms with Gasteiger partial charge in [0.15, 0.2) is 0 Å². The summed E-state index contributed by atoms with van der Waals surface area (Å²) in [6.07, 6.45) is -0.439. The van der Waals surface area contributed by atoms with Crippen molar-refractivity contribution in [2.45, 2.75) is 13.0 Å². The Morgan fingerprint density at radius 3 is 2.36 bits per heavy atom. The van der Waals surface area contributed by atoms with E-state index in [4.69, 9.17) is 4.74 Å². The molecule has 0 amide bonds. The number of carboxylic acid groups (broad SMARTS) is 1. The van der Waals surface area contributed by atoms with Crippen LogP contribution in [0.2, 0.25) is 0 Å². The van der Waals surface area contributed by atoms with Crippen LogP contribution < -0.4 is 0 Å². The number of likely N-dealkylation sites (tertiary alicyclic amines) is 1. The fourth-order valence-electron chi connectivity index (χ4n) is 3.90. The minimum atomic E-state index is -1.69. The Hall–Kier alpha value is -2.80. The quantitative estimate of drug-likeness (QED) is 0.770. The molecule has 2 unspecified atom stereocenters. The van der Waals surface area contributed by atoms with Crippen molar-refractivity contribution in [2.75, 3.05) is 20.2 Å². The van der Waals surface area contributed by atoms with E-state index in [2.05, 4.69) is 0 Å². The van der Waals surface area contributed by atoms with Gasteiger partial charge in [-0.1, -0.05) is 36.4 Å². The van der Waals surface area contributed by atoms with Crippen LogP contribution >= 0.6 is 0 Å². The van der Waals surface area contributed by atoms with E-state index in [-0.39, 0.29) is 18.7 Å². The number of carboxylic acids is 1. The third-order valence-electron chi connectivity index (χ3n) is 5.33. The smallest absolute Gasteiger partial charge is 0.312 e. The number of carbonyl (C=O) groups is 2. The van der Waals surface area contributed by atoms with E-state index in [9.17, 15) is 23.5 Å². The SMILES string of the molecule is COC(=O)C1CN(Cc2ccccc2)CC1(Cc1c(F)cccc1F)C(=O)O. The number of nitrogens with zero attached hydrogens (tertiary/aromatic N) is 1. The van der Waals surface area contributed by atoms with Crippen molar-refractivity contribution in [3.63, 3.8) is 0 Å². The van der Waals surface area contributed by atoms with Crippen molar-refractivity contribution < 1.29 is 28.2 Å². The molecule has 1 heterocycles. The Bertz CT molecular complexity index is 854. The number of benzene rings is 2. The number of esters is 1. The lowest BCUT2D eigenvalue weighted by Gasteiger charge is -2.29. The Kier molecular flexibility index (Phi) is 5.74. The second-order valence-electron chi connectivity index (χ2n) is 7.07. The number of hydrogen-bond donors (Lipinski definition) is 1. The van der Waals surface area contributed by atoms with Crippen LogP contribution in [0.5, 0.6) is 0 Å². The van der Waals surface area contributed by atoms with Crippen molar-refractivity contribution >= 4 is 11.9 Å². The van der Waals surface area contributed by atoms with Gasteiger partial charge >= 0.3 is 11.9 Å². The molecule has 0 aromatic heterocycles. The lowest BCUT2D eigenvalue weighted by molar-refractivity contribution is -0.161. The molecule has 5 nitrogen and oxygen atoms in total. The van der Waals surface area contributed by atoms with Crippen molar-refractivity contribution in [2.24, 2.45) is 11.3 Å². The Labute approximate surface area is 161 Å². The summed E-state index contributed by atoms with van der Waals surface area (Å²) in [5.41, 5.74) is -1.07. The molecule has 0 spiro atoms. The van der Waals surface area contributed by atoms with Gasteiger partial charge in [0.05, 0.1) is 18.4 Å². The number of rotatable bonds is 6. The van der Waals surface area contributed by atoms with Gasteiger partial charge in [0, 0.05) is 25.2 Å². The van der Waals surface area contributed by atoms with Gasteiger partial charge in [-0.05, 0) is 24.1 Å². The second kappa shape index (κ2) is 8.06. The molecule has 1 aliphatic heterocycles. The van der Waals surface area contributed by atoms with Crippen LogP contribution in [0.3, 0.4) is 0 Å². The third kappa shape index (κ3) is 3.75. The highest BCUT2D eigenvalue weighted by molar-refractivity contribution is 5.86. The lowest BCUT2D eigenvalue weighted by Crippen LogP contribution is -2.44. The van der Waals surface area contributed by atoms with Gasteiger partial charge in [0.2, 0.25) is 0 Å². The van der Waals surface area contributed by atoms with Gasteiger partial charge in [-0.15, -0.1) is 0 Å². The predicted octanol–water partition coefficient (Wildman–Crippen LogP) is 2.88. The van der Waals surface area contributed by atoms with E-state index in [0.29, 0.717) is 6.54 Å². The van der Waals surface area contributed by atoms with Crippen LogP contribution in [0.25, 0.3) is 0 Å². The van der Waals surface area contributed by atoms with Crippen LogP contribution in [-0.4, -0.2) is 42.1 Å². The molecule has 1 N–H and O–H groups in total. The zero-order valence-electron chi connectivity index (χ0n) is 15.4. The average molecular weight is 389 g/mol. The molecule has 2 atom stereocenters. The van der Waals surface area contributed by atoms with E-state index in [1.54, 1.807) is 0 Å². The molecular formula is C21H21F2NO4. The molecule has 1 aliphatic rings. The summed E-state index contributed by atoms with van der Waals surface area (Å²) in [4.78, 5) is 26.5. The maximum Gasteiger partial charge on any atom is 0.312 e. The highest BCUT2D eigenvalue weighted by Gasteiger charge is 2.56. The number of halogens is 2. The molecule has 7 heteroatoms. The summed E-state index contributed by atoms with van der Waals surface area (Å²) in [7, 11) is 1.18. The van der Waals surface area contributed by atoms with Gasteiger partial charge in [-0.25, -0.2) is 8.78 Å². The number of hydrogen-bond acceptors (Lipinski definition) is 4. The zero-order chi connectivity index (χ0) is 20.3. The first-order chi connectivity index (χ1) is 13.4. The van der Waals surface area contributed by atoms with Gasteiger partial charge in [-0.2, -0.15) is 0 Å². The summed E-state index contributed by atoms with van der Waals surface area (Å²) < 4.78 is 33.3. The molecule has 0 bridgehead atoms. The van der Waals surface area contributed by atoms with E-state index in [1.807, 2.05) is 35.2 Å². The van der Waals surface area contributed by atoms with Crippen molar-refractivity contribution in [3.8, 4) is 0 Å². The third-order valence-corrected chi connectivity index (χ3v) is 5.33. The predicted molar refractivity (Wildman–Crippen MR) is 97.4 cm³/mol. The highest BCUT2D eigenvalue weighted by Crippen LogP contribution is 2.42. The van der Waals surface area contributed by atoms with Crippen LogP contribution in [0.1, 0.15) is 11.1 Å². The molecule has 0 aliphatic carbocycles. The topological polar surface area (TPSA) is 66.8 Å². The highest BCUT2D eigenvalue weighted by atomic mass is 19.1. The minimum Gasteiger partial charge on any atom is -0.481 e. The van der Waals surface area contributed by atoms with Crippen LogP contribution in [0.15, 0.2) is 48.5 Å². The number of ether oxygens (including phenoxy) is 1. The Balaban J connectivity index is 1.98. The summed E-state index contributed by atoms with van der Waals surface area (Å²) in [5, 5.41) is 10.0. The first kappa shape index (κ1) is 19.9. The van der Waals surface area contributed by atoms with Gasteiger partial charge in [0.1, 0.15) is 11.6 Å². The standard InChI is InChI=1S/C21H21F2NO4/c1-28-19(25)16-12-24(11-14-6-3-2-4-7-14)13-21(16,20(26)27)10-15-17(22)8-5-9-18(15)23/h2-9,16H,10-13H2,1H3,(H,26,27). The van der Waals surface area contributed by atoms with E-state index in [0.717, 1.165) is 17.7 Å². The monoisotopic (exact) mass is 389 g/mol. The lowest BCUT2D eigenvalue weighted by atomic mass is 9.73. The van der Waals surface area contributed by atoms with E-state index < -0.39 is 41.3 Å². The first-order valence-electron chi connectivity index (χ1n) is 8.88. The first-order valence-corrected chi connectivity index (χ1v) is 8.88. The number of aliphatic carboxylic acids is 1. The molecular weight excluding hydrogens is 368 g/mol. The minimum absolute atomic E-state index is 0.0230. The summed E-state index contributed by atoms with van der Waals surface area (Å²) in [5.74, 6) is -4.68. The second-order valence-corrected chi connectivity index (χ2v) is 7.07. The van der Waals surface area contributed by atoms with Crippen molar-refractivity contribution in [3.05, 3.63) is 71.3 Å². The van der Waals surface area contributed by atoms with Gasteiger partial charge in [0.25, 0.3) is 0 Å². The van der Waals surface area contributed by atoms with Crippen LogP contribution in [0.4, 0.5) is 8.78 Å². The molecule has 0 radical (unpaired) electrons. The molecule has 2 aromatic rings. The number of carbonyl (C=O) groups excluding carboxylic acids is 1. The van der Waals surface area contributed by atoms with Crippen molar-refractivity contribution in [1.29, 1.82) is 0 Å². The fraction of sp³-hybridized carbons (Fsp3) is 0.333. The van der Waals surface area contributed by atoms with Gasteiger partial charge in [-0.3, -0.25) is 14.5 Å². The van der Waals surface area contributed by atoms with E-state index >= 15 is 0 Å². The normalized spacial score (nSPS) is 22.2. The molecule has 28 heavy (non-hydrogen) atoms. The molecule has 1 saturated heterocycles. The summed E-state index contributed by atoms with van der Waals surface area (Å²) in [6, 6.07) is 12.8. The number of methoxy groups -OCH3 is 1. The van der Waals surface area contributed by atoms with Crippen LogP contribution in [0, 0.1) is 23.0 Å². The Morgan fingerprint density at radius 2 is 1.79 bits per heavy atom. The largest absolute Gasteiger partial charge is 0.481 e. The zero-order valence-corrected chi connectivity index (χ0v) is 15.4. The molecule has 148 valence electrons. The molecule has 3 rings (SSSR count). The maximum atomic E-state index is 14.2. The van der Waals surface area contributed by atoms with Crippen molar-refractivity contribution in [1.82, 2.24) is 4.90 Å². The summed E-state index contributed by atoms with van der Waals surface area (Å²) >= 11 is 0. The molecule has 0 saturated carbocycles. The van der Waals surface area contributed by atoms with Crippen LogP contribution in [-0.2, 0) is 27.3 Å². The molecule has 1 fully saturated rings. The van der Waals surface area contributed by atoms with E-state index in [1.165, 1.54) is 13.2 Å². The Morgan fingerprint density at radius 1 is 1.14 bits per heavy atom. The fourth-order valence-corrected chi connectivity index (χ4v) is 3.90. The summed E-state index contributed by atoms with van der Waals surface area (Å²) in [6.45, 7) is 0.526. The maximum absolute atomic E-state index is 14.2. The average Bonchev–Trinajstić information content (AvgIpc) is 3.04.